The van der Waals surface area contributed by atoms with Gasteiger partial charge in [-0.25, -0.2) is 0 Å². The molecule has 0 saturated carbocycles. The highest BCUT2D eigenvalue weighted by atomic mass is 35.5. The number of hydrogen-bond acceptors (Lipinski definition) is 3. The third-order valence-electron chi connectivity index (χ3n) is 1.89. The molecule has 4 heteroatoms. The number of nitrogen functional groups attached to an aromatic ring is 1. The van der Waals surface area contributed by atoms with Crippen molar-refractivity contribution in [1.29, 1.82) is 0 Å². The highest BCUT2D eigenvalue weighted by Crippen LogP contribution is 2.22. The number of nitrogens with one attached hydrogen (secondary N) is 1. The molecule has 0 aliphatic carbocycles. The summed E-state index contributed by atoms with van der Waals surface area (Å²) in [5, 5.41) is 3.91. The first-order valence-corrected chi connectivity index (χ1v) is 4.91. The van der Waals surface area contributed by atoms with Crippen molar-refractivity contribution < 1.29 is 0 Å². The van der Waals surface area contributed by atoms with Gasteiger partial charge in [-0.2, -0.15) is 0 Å². The van der Waals surface area contributed by atoms with Crippen molar-refractivity contribution in [3.05, 3.63) is 23.2 Å². The van der Waals surface area contributed by atoms with E-state index < -0.39 is 0 Å². The van der Waals surface area contributed by atoms with Crippen LogP contribution in [0.15, 0.2) is 18.2 Å². The number of rotatable bonds is 4. The second-order valence-electron chi connectivity index (χ2n) is 3.46. The molecule has 3 N–H and O–H groups in total. The minimum absolute atomic E-state index is 0.667. The van der Waals surface area contributed by atoms with Gasteiger partial charge in [-0.05, 0) is 32.3 Å². The fourth-order valence-corrected chi connectivity index (χ4v) is 1.29. The zero-order valence-corrected chi connectivity index (χ0v) is 9.30. The summed E-state index contributed by atoms with van der Waals surface area (Å²) in [6.45, 7) is 1.85. The Labute approximate surface area is 89.8 Å². The molecule has 14 heavy (non-hydrogen) atoms. The van der Waals surface area contributed by atoms with Crippen LogP contribution in [0.4, 0.5) is 11.4 Å². The lowest BCUT2D eigenvalue weighted by Gasteiger charge is -2.12. The summed E-state index contributed by atoms with van der Waals surface area (Å²) in [4.78, 5) is 2.11. The van der Waals surface area contributed by atoms with Crippen LogP contribution in [0.2, 0.25) is 5.02 Å². The highest BCUT2D eigenvalue weighted by molar-refractivity contribution is 6.31. The molecule has 0 radical (unpaired) electrons. The first-order valence-electron chi connectivity index (χ1n) is 4.53. The van der Waals surface area contributed by atoms with Crippen LogP contribution in [0, 0.1) is 0 Å². The smallest absolute Gasteiger partial charge is 0.0575 e. The molecule has 0 spiro atoms. The fourth-order valence-electron chi connectivity index (χ4n) is 1.11. The van der Waals surface area contributed by atoms with E-state index in [9.17, 15) is 0 Å². The molecular weight excluding hydrogens is 198 g/mol. The van der Waals surface area contributed by atoms with Crippen LogP contribution >= 0.6 is 11.6 Å². The van der Waals surface area contributed by atoms with E-state index in [4.69, 9.17) is 17.3 Å². The first kappa shape index (κ1) is 11.1. The normalized spacial score (nSPS) is 10.6. The van der Waals surface area contributed by atoms with Gasteiger partial charge in [0.25, 0.3) is 0 Å². The third kappa shape index (κ3) is 3.44. The van der Waals surface area contributed by atoms with Crippen LogP contribution in [0.25, 0.3) is 0 Å². The molecule has 1 aromatic carbocycles. The van der Waals surface area contributed by atoms with E-state index in [1.807, 2.05) is 26.2 Å². The molecule has 0 fully saturated rings. The van der Waals surface area contributed by atoms with Crippen molar-refractivity contribution in [1.82, 2.24) is 4.90 Å². The minimum Gasteiger partial charge on any atom is -0.397 e. The molecular formula is C10H16ClN3. The van der Waals surface area contributed by atoms with E-state index in [1.54, 1.807) is 6.07 Å². The maximum atomic E-state index is 5.79. The Bertz CT molecular complexity index is 299. The van der Waals surface area contributed by atoms with Crippen LogP contribution in [-0.4, -0.2) is 32.1 Å². The van der Waals surface area contributed by atoms with Gasteiger partial charge in [0, 0.05) is 18.1 Å². The molecule has 0 unspecified atom stereocenters. The van der Waals surface area contributed by atoms with Crippen LogP contribution in [0.1, 0.15) is 0 Å². The fraction of sp³-hybridized carbons (Fsp3) is 0.400. The first-order chi connectivity index (χ1) is 6.59. The van der Waals surface area contributed by atoms with Crippen molar-refractivity contribution >= 4 is 23.0 Å². The van der Waals surface area contributed by atoms with Crippen LogP contribution in [0.3, 0.4) is 0 Å². The van der Waals surface area contributed by atoms with E-state index in [1.165, 1.54) is 0 Å². The van der Waals surface area contributed by atoms with Crippen molar-refractivity contribution in [2.75, 3.05) is 38.2 Å². The van der Waals surface area contributed by atoms with Crippen LogP contribution < -0.4 is 11.1 Å². The van der Waals surface area contributed by atoms with Gasteiger partial charge in [-0.1, -0.05) is 11.6 Å². The number of nitrogens with two attached hydrogens (primary N) is 1. The maximum absolute atomic E-state index is 5.79. The zero-order chi connectivity index (χ0) is 10.6. The molecule has 0 saturated heterocycles. The Morgan fingerprint density at radius 1 is 1.43 bits per heavy atom. The number of anilines is 2. The number of halogens is 1. The Balaban J connectivity index is 2.51. The topological polar surface area (TPSA) is 41.3 Å². The molecule has 0 aromatic heterocycles. The lowest BCUT2D eigenvalue weighted by Crippen LogP contribution is -2.21. The molecule has 0 aliphatic rings. The summed E-state index contributed by atoms with van der Waals surface area (Å²) < 4.78 is 0. The molecule has 0 atom stereocenters. The molecule has 3 nitrogen and oxygen atoms in total. The summed E-state index contributed by atoms with van der Waals surface area (Å²) in [5.41, 5.74) is 7.41. The molecule has 1 aromatic rings. The van der Waals surface area contributed by atoms with Gasteiger partial charge in [-0.15, -0.1) is 0 Å². The average molecular weight is 214 g/mol. The average Bonchev–Trinajstić information content (AvgIpc) is 2.08. The summed E-state index contributed by atoms with van der Waals surface area (Å²) >= 11 is 5.79. The maximum Gasteiger partial charge on any atom is 0.0575 e. The van der Waals surface area contributed by atoms with E-state index >= 15 is 0 Å². The Morgan fingerprint density at radius 2 is 2.14 bits per heavy atom. The van der Waals surface area contributed by atoms with Gasteiger partial charge >= 0.3 is 0 Å². The van der Waals surface area contributed by atoms with Gasteiger partial charge in [0.05, 0.1) is 11.4 Å². The summed E-state index contributed by atoms with van der Waals surface area (Å²) in [5.74, 6) is 0. The SMILES string of the molecule is CN(C)CCNc1ccc(Cl)cc1N. The van der Waals surface area contributed by atoms with Crippen molar-refractivity contribution in [2.45, 2.75) is 0 Å². The van der Waals surface area contributed by atoms with Crippen molar-refractivity contribution in [3.63, 3.8) is 0 Å². The largest absolute Gasteiger partial charge is 0.397 e. The molecule has 0 amide bonds. The Morgan fingerprint density at radius 3 is 2.71 bits per heavy atom. The Hall–Kier alpha value is -0.930. The summed E-state index contributed by atoms with van der Waals surface area (Å²) in [7, 11) is 4.07. The van der Waals surface area contributed by atoms with Gasteiger partial charge in [-0.3, -0.25) is 0 Å². The number of nitrogens with zero attached hydrogens (tertiary/aromatic N) is 1. The molecule has 78 valence electrons. The molecule has 0 aliphatic heterocycles. The highest BCUT2D eigenvalue weighted by Gasteiger charge is 1.98. The van der Waals surface area contributed by atoms with Crippen molar-refractivity contribution in [2.24, 2.45) is 0 Å². The van der Waals surface area contributed by atoms with Gasteiger partial charge in [0.2, 0.25) is 0 Å². The predicted molar refractivity (Wildman–Crippen MR) is 62.9 cm³/mol. The van der Waals surface area contributed by atoms with Gasteiger partial charge in [0.1, 0.15) is 0 Å². The number of hydrogen-bond donors (Lipinski definition) is 2. The molecule has 0 heterocycles. The third-order valence-corrected chi connectivity index (χ3v) is 2.12. The number of likely N-dealkylation sites (N-methyl/N-ethyl adjacent to an activating group) is 1. The Kier molecular flexibility index (Phi) is 4.04. The lowest BCUT2D eigenvalue weighted by atomic mass is 10.2. The van der Waals surface area contributed by atoms with Gasteiger partial charge < -0.3 is 16.0 Å². The number of benzene rings is 1. The summed E-state index contributed by atoms with van der Waals surface area (Å²) in [6, 6.07) is 5.47. The van der Waals surface area contributed by atoms with Crippen LogP contribution in [-0.2, 0) is 0 Å². The monoisotopic (exact) mass is 213 g/mol. The lowest BCUT2D eigenvalue weighted by molar-refractivity contribution is 0.425. The van der Waals surface area contributed by atoms with E-state index in [0.717, 1.165) is 18.8 Å². The summed E-state index contributed by atoms with van der Waals surface area (Å²) in [6.07, 6.45) is 0. The minimum atomic E-state index is 0.667. The second-order valence-corrected chi connectivity index (χ2v) is 3.90. The van der Waals surface area contributed by atoms with E-state index in [2.05, 4.69) is 10.2 Å². The van der Waals surface area contributed by atoms with Crippen molar-refractivity contribution in [3.8, 4) is 0 Å². The quantitative estimate of drug-likeness (QED) is 0.751. The molecule has 0 bridgehead atoms. The van der Waals surface area contributed by atoms with E-state index in [0.29, 0.717) is 10.7 Å². The predicted octanol–water partition coefficient (Wildman–Crippen LogP) is 1.90. The molecule has 1 rings (SSSR count). The van der Waals surface area contributed by atoms with E-state index in [-0.39, 0.29) is 0 Å². The van der Waals surface area contributed by atoms with Gasteiger partial charge in [0.15, 0.2) is 0 Å². The van der Waals surface area contributed by atoms with Crippen LogP contribution in [0.5, 0.6) is 0 Å². The zero-order valence-electron chi connectivity index (χ0n) is 8.55. The standard InChI is InChI=1S/C10H16ClN3/c1-14(2)6-5-13-10-4-3-8(11)7-9(10)12/h3-4,7,13H,5-6,12H2,1-2H3. The second kappa shape index (κ2) is 5.08.